The lowest BCUT2D eigenvalue weighted by Crippen LogP contribution is -2.61. The normalized spacial score (nSPS) is 20.9. The Hall–Kier alpha value is -4.45. The Morgan fingerprint density at radius 1 is 1.02 bits per heavy atom. The first-order chi connectivity index (χ1) is 25.0. The summed E-state index contributed by atoms with van der Waals surface area (Å²) in [4.78, 5) is 53.2. The number of benzene rings is 1. The Balaban J connectivity index is 1.30. The zero-order valence-corrected chi connectivity index (χ0v) is 31.1. The number of ether oxygens (including phenoxy) is 1. The van der Waals surface area contributed by atoms with Gasteiger partial charge < -0.3 is 25.2 Å². The maximum atomic E-state index is 14.4. The average molecular weight is 776 g/mol. The van der Waals surface area contributed by atoms with E-state index >= 15 is 0 Å². The lowest BCUT2D eigenvalue weighted by atomic mass is 10.0. The average Bonchev–Trinajstić information content (AvgIpc) is 3.84. The van der Waals surface area contributed by atoms with Crippen molar-refractivity contribution in [2.45, 2.75) is 75.1 Å². The van der Waals surface area contributed by atoms with Crippen LogP contribution in [0.3, 0.4) is 0 Å². The van der Waals surface area contributed by atoms with E-state index in [2.05, 4.69) is 20.6 Å². The number of amides is 3. The molecule has 1 saturated carbocycles. The highest BCUT2D eigenvalue weighted by molar-refractivity contribution is 7.91. The minimum atomic E-state index is -4.86. The van der Waals surface area contributed by atoms with Crippen LogP contribution in [0.25, 0.3) is 10.6 Å². The third-order valence-electron chi connectivity index (χ3n) is 9.60. The molecule has 1 saturated heterocycles. The molecule has 9 bridgehead atoms. The van der Waals surface area contributed by atoms with E-state index < -0.39 is 56.7 Å². The molecule has 2 N–H and O–H groups in total. The molecule has 3 amide bonds. The number of sulfone groups is 1. The van der Waals surface area contributed by atoms with Crippen LogP contribution < -0.4 is 15.5 Å². The Bertz CT molecular complexity index is 2060. The smallest absolute Gasteiger partial charge is 0.420 e. The van der Waals surface area contributed by atoms with E-state index in [0.717, 1.165) is 30.2 Å². The summed E-state index contributed by atoms with van der Waals surface area (Å²) in [6.07, 6.45) is -2.16. The van der Waals surface area contributed by atoms with Gasteiger partial charge in [-0.25, -0.2) is 23.2 Å². The van der Waals surface area contributed by atoms with Crippen LogP contribution in [0.4, 0.5) is 35.3 Å². The molecule has 2 aromatic heterocycles. The highest BCUT2D eigenvalue weighted by Crippen LogP contribution is 2.46. The Kier molecular flexibility index (Phi) is 9.57. The van der Waals surface area contributed by atoms with Gasteiger partial charge in [0.2, 0.25) is 11.9 Å². The summed E-state index contributed by atoms with van der Waals surface area (Å²) in [5, 5.41) is 6.02. The van der Waals surface area contributed by atoms with E-state index in [1.807, 2.05) is 17.0 Å². The fourth-order valence-electron chi connectivity index (χ4n) is 6.76. The van der Waals surface area contributed by atoms with Crippen LogP contribution in [0.2, 0.25) is 0 Å². The van der Waals surface area contributed by atoms with E-state index in [4.69, 9.17) is 4.74 Å². The topological polar surface area (TPSA) is 154 Å². The molecule has 18 heteroatoms. The number of thiophene rings is 1. The maximum Gasteiger partial charge on any atom is 0.420 e. The number of hydrogen-bond acceptors (Lipinski definition) is 11. The molecule has 284 valence electrons. The summed E-state index contributed by atoms with van der Waals surface area (Å²) in [5.74, 6) is -1.32. The molecular formula is C35H40F3N7O6S2. The number of nitrogens with one attached hydrogen (secondary N) is 2. The Morgan fingerprint density at radius 2 is 1.79 bits per heavy atom. The van der Waals surface area contributed by atoms with E-state index in [-0.39, 0.29) is 65.1 Å². The van der Waals surface area contributed by atoms with E-state index in [1.165, 1.54) is 9.80 Å². The lowest BCUT2D eigenvalue weighted by Gasteiger charge is -2.42. The first-order valence-electron chi connectivity index (χ1n) is 17.5. The predicted molar refractivity (Wildman–Crippen MR) is 191 cm³/mol. The molecule has 1 aliphatic carbocycles. The summed E-state index contributed by atoms with van der Waals surface area (Å²) < 4.78 is 75.4. The second-order valence-corrected chi connectivity index (χ2v) is 17.8. The lowest BCUT2D eigenvalue weighted by molar-refractivity contribution is -0.137. The number of fused-ring (bicyclic) bond motifs is 7. The van der Waals surface area contributed by atoms with Gasteiger partial charge in [0.25, 0.3) is 5.91 Å². The minimum absolute atomic E-state index is 0.0931. The fraction of sp³-hybridized carbons (Fsp3) is 0.514. The van der Waals surface area contributed by atoms with E-state index in [0.29, 0.717) is 42.6 Å². The first kappa shape index (κ1) is 36.9. The number of piperazine rings is 1. The van der Waals surface area contributed by atoms with Gasteiger partial charge in [0.05, 0.1) is 21.2 Å². The SMILES string of the molecule is CC(C)(C)OC(=O)N1CCN2CC1C(=O)NCCCCN1CCS(=O)(=O)c3cc(sc3C1=O)-c1nc(ncc1C(F)(F)F)Nc1ccc2cc1C1CC1. The molecule has 1 atom stereocenters. The summed E-state index contributed by atoms with van der Waals surface area (Å²) in [6, 6.07) is 5.84. The molecule has 1 aromatic carbocycles. The van der Waals surface area contributed by atoms with Gasteiger partial charge in [0.15, 0.2) is 9.84 Å². The number of carbonyl (C=O) groups is 3. The molecule has 0 spiro atoms. The number of nitrogens with zero attached hydrogens (tertiary/aromatic N) is 5. The van der Waals surface area contributed by atoms with Crippen molar-refractivity contribution in [3.8, 4) is 10.6 Å². The zero-order valence-electron chi connectivity index (χ0n) is 29.5. The zero-order chi connectivity index (χ0) is 37.9. The second-order valence-electron chi connectivity index (χ2n) is 14.7. The van der Waals surface area contributed by atoms with Crippen molar-refractivity contribution in [2.75, 3.05) is 55.2 Å². The van der Waals surface area contributed by atoms with Crippen LogP contribution in [0.15, 0.2) is 35.4 Å². The number of hydrogen-bond donors (Lipinski definition) is 2. The largest absolute Gasteiger partial charge is 0.444 e. The quantitative estimate of drug-likeness (QED) is 0.328. The van der Waals surface area contributed by atoms with Gasteiger partial charge in [0, 0.05) is 56.8 Å². The van der Waals surface area contributed by atoms with Gasteiger partial charge in [-0.15, -0.1) is 11.3 Å². The van der Waals surface area contributed by atoms with E-state index in [9.17, 15) is 36.0 Å². The number of halogens is 3. The van der Waals surface area contributed by atoms with Gasteiger partial charge in [0.1, 0.15) is 22.1 Å². The highest BCUT2D eigenvalue weighted by atomic mass is 32.2. The molecule has 8 rings (SSSR count). The summed E-state index contributed by atoms with van der Waals surface area (Å²) in [7, 11) is -4.02. The summed E-state index contributed by atoms with van der Waals surface area (Å²) in [5.41, 5.74) is -0.167. The number of aromatic nitrogens is 2. The summed E-state index contributed by atoms with van der Waals surface area (Å²) >= 11 is 0.661. The van der Waals surface area contributed by atoms with E-state index in [1.54, 1.807) is 26.8 Å². The van der Waals surface area contributed by atoms with Crippen molar-refractivity contribution < 1.29 is 40.7 Å². The molecule has 5 aliphatic rings. The van der Waals surface area contributed by atoms with Crippen LogP contribution in [0.1, 0.15) is 73.2 Å². The van der Waals surface area contributed by atoms with Gasteiger partial charge in [-0.1, -0.05) is 0 Å². The van der Waals surface area contributed by atoms with Crippen molar-refractivity contribution in [1.82, 2.24) is 25.1 Å². The van der Waals surface area contributed by atoms with Crippen molar-refractivity contribution in [3.63, 3.8) is 0 Å². The van der Waals surface area contributed by atoms with Crippen molar-refractivity contribution in [3.05, 3.63) is 46.5 Å². The molecule has 1 unspecified atom stereocenters. The Labute approximate surface area is 308 Å². The Morgan fingerprint density at radius 3 is 2.51 bits per heavy atom. The van der Waals surface area contributed by atoms with Crippen LogP contribution in [0.5, 0.6) is 0 Å². The molecule has 0 radical (unpaired) electrons. The van der Waals surface area contributed by atoms with Gasteiger partial charge >= 0.3 is 12.3 Å². The molecule has 3 aromatic rings. The van der Waals surface area contributed by atoms with Crippen molar-refractivity contribution in [1.29, 1.82) is 0 Å². The van der Waals surface area contributed by atoms with Crippen LogP contribution in [0, 0.1) is 0 Å². The molecule has 4 aliphatic heterocycles. The summed E-state index contributed by atoms with van der Waals surface area (Å²) in [6.45, 7) is 6.41. The van der Waals surface area contributed by atoms with Crippen LogP contribution in [-0.4, -0.2) is 103 Å². The molecule has 2 fully saturated rings. The fourth-order valence-corrected chi connectivity index (χ4v) is 9.71. The molecule has 53 heavy (non-hydrogen) atoms. The third-order valence-corrected chi connectivity index (χ3v) is 12.6. The van der Waals surface area contributed by atoms with Crippen molar-refractivity contribution >= 4 is 56.4 Å². The van der Waals surface area contributed by atoms with Crippen molar-refractivity contribution in [2.24, 2.45) is 0 Å². The monoisotopic (exact) mass is 775 g/mol. The first-order valence-corrected chi connectivity index (χ1v) is 20.0. The van der Waals surface area contributed by atoms with Gasteiger partial charge in [-0.3, -0.25) is 14.5 Å². The number of carbonyl (C=O) groups excluding carboxylic acids is 3. The maximum absolute atomic E-state index is 14.4. The molecule has 13 nitrogen and oxygen atoms in total. The molecule has 6 heterocycles. The number of anilines is 3. The predicted octanol–water partition coefficient (Wildman–Crippen LogP) is 5.41. The van der Waals surface area contributed by atoms with Crippen LogP contribution in [-0.2, 0) is 25.5 Å². The number of alkyl halides is 3. The van der Waals surface area contributed by atoms with Gasteiger partial charge in [-0.05, 0) is 82.2 Å². The highest BCUT2D eigenvalue weighted by Gasteiger charge is 2.40. The second kappa shape index (κ2) is 13.8. The molecular weight excluding hydrogens is 736 g/mol. The number of rotatable bonds is 1. The van der Waals surface area contributed by atoms with Crippen LogP contribution >= 0.6 is 11.3 Å². The third kappa shape index (κ3) is 7.79. The van der Waals surface area contributed by atoms with Gasteiger partial charge in [-0.2, -0.15) is 13.2 Å². The standard InChI is InChI=1S/C35H40F3N7O6S2/c1-34(2,3)51-33(48)45-13-12-44-19-25(45)30(46)39-10-4-5-11-43-14-15-53(49,50)27-17-26(52-29(27)31(43)47)28-23(35(36,37)38)18-40-32(42-28)41-24-9-8-21(44)16-22(24)20-6-7-20/h8-9,16-18,20,25H,4-7,10-15,19H2,1-3H3,(H,39,46)(H,40,41,42). The minimum Gasteiger partial charge on any atom is -0.444 e.